The average Bonchev–Trinajstić information content (AvgIpc) is 2.41. The van der Waals surface area contributed by atoms with E-state index in [0.717, 1.165) is 24.3 Å². The third-order valence-corrected chi connectivity index (χ3v) is 3.34. The minimum Gasteiger partial charge on any atom is -0.388 e. The van der Waals surface area contributed by atoms with Gasteiger partial charge in [-0.25, -0.2) is 4.39 Å². The number of aliphatic hydroxyl groups is 1. The lowest BCUT2D eigenvalue weighted by Gasteiger charge is -2.14. The maximum absolute atomic E-state index is 13.1. The van der Waals surface area contributed by atoms with Gasteiger partial charge >= 0.3 is 6.18 Å². The number of aliphatic hydroxyl groups excluding tert-OH is 1. The summed E-state index contributed by atoms with van der Waals surface area (Å²) < 4.78 is 51.0. The Morgan fingerprint density at radius 1 is 1.10 bits per heavy atom. The summed E-state index contributed by atoms with van der Waals surface area (Å²) in [5.41, 5.74) is -0.357. The van der Waals surface area contributed by atoms with Crippen LogP contribution in [0.2, 0.25) is 5.02 Å². The lowest BCUT2D eigenvalue weighted by atomic mass is 9.99. The molecule has 1 nitrogen and oxygen atoms in total. The first-order valence-corrected chi connectivity index (χ1v) is 6.44. The molecule has 0 heterocycles. The molecule has 112 valence electrons. The molecule has 0 bridgehead atoms. The predicted molar refractivity (Wildman–Crippen MR) is 71.5 cm³/mol. The van der Waals surface area contributed by atoms with Gasteiger partial charge in [0.05, 0.1) is 11.7 Å². The van der Waals surface area contributed by atoms with Gasteiger partial charge in [0, 0.05) is 17.0 Å². The number of alkyl halides is 3. The van der Waals surface area contributed by atoms with E-state index in [1.54, 1.807) is 0 Å². The normalized spacial score (nSPS) is 13.2. The van der Waals surface area contributed by atoms with Gasteiger partial charge in [-0.05, 0) is 29.8 Å². The molecule has 0 radical (unpaired) electrons. The van der Waals surface area contributed by atoms with Crippen LogP contribution in [0, 0.1) is 5.82 Å². The Hall–Kier alpha value is -1.59. The van der Waals surface area contributed by atoms with Crippen LogP contribution in [0.3, 0.4) is 0 Å². The molecule has 1 unspecified atom stereocenters. The Labute approximate surface area is 123 Å². The first-order valence-electron chi connectivity index (χ1n) is 6.06. The number of halogens is 5. The van der Waals surface area contributed by atoms with Gasteiger partial charge in [0.25, 0.3) is 0 Å². The van der Waals surface area contributed by atoms with E-state index in [9.17, 15) is 22.7 Å². The maximum atomic E-state index is 13.1. The van der Waals surface area contributed by atoms with Gasteiger partial charge < -0.3 is 5.11 Å². The summed E-state index contributed by atoms with van der Waals surface area (Å²) in [4.78, 5) is 0. The minimum absolute atomic E-state index is 0.0902. The van der Waals surface area contributed by atoms with Crippen LogP contribution in [0.15, 0.2) is 42.5 Å². The Bertz CT molecular complexity index is 640. The second-order valence-electron chi connectivity index (χ2n) is 4.58. The fourth-order valence-electron chi connectivity index (χ4n) is 1.98. The van der Waals surface area contributed by atoms with Crippen LogP contribution >= 0.6 is 11.6 Å². The van der Waals surface area contributed by atoms with E-state index < -0.39 is 23.7 Å². The summed E-state index contributed by atoms with van der Waals surface area (Å²) in [5, 5.41) is 10.2. The van der Waals surface area contributed by atoms with E-state index in [2.05, 4.69) is 0 Å². The van der Waals surface area contributed by atoms with E-state index in [-0.39, 0.29) is 22.6 Å². The van der Waals surface area contributed by atoms with Crippen molar-refractivity contribution in [3.63, 3.8) is 0 Å². The van der Waals surface area contributed by atoms with Crippen LogP contribution in [0.4, 0.5) is 17.6 Å². The third kappa shape index (κ3) is 3.95. The number of hydrogen-bond acceptors (Lipinski definition) is 1. The largest absolute Gasteiger partial charge is 0.416 e. The molecule has 6 heteroatoms. The number of benzene rings is 2. The quantitative estimate of drug-likeness (QED) is 0.808. The highest BCUT2D eigenvalue weighted by molar-refractivity contribution is 6.31. The van der Waals surface area contributed by atoms with Gasteiger partial charge in [-0.3, -0.25) is 0 Å². The van der Waals surface area contributed by atoms with Crippen LogP contribution in [-0.4, -0.2) is 5.11 Å². The van der Waals surface area contributed by atoms with Gasteiger partial charge in [0.2, 0.25) is 0 Å². The van der Waals surface area contributed by atoms with Crippen molar-refractivity contribution in [2.24, 2.45) is 0 Å². The van der Waals surface area contributed by atoms with Crippen molar-refractivity contribution in [2.45, 2.75) is 18.7 Å². The summed E-state index contributed by atoms with van der Waals surface area (Å²) in [6.07, 6.45) is -5.72. The van der Waals surface area contributed by atoms with Crippen LogP contribution < -0.4 is 0 Å². The van der Waals surface area contributed by atoms with Crippen LogP contribution in [0.1, 0.15) is 22.8 Å². The molecule has 2 rings (SSSR count). The first kappa shape index (κ1) is 15.8. The number of rotatable bonds is 3. The Morgan fingerprint density at radius 3 is 2.48 bits per heavy atom. The van der Waals surface area contributed by atoms with E-state index >= 15 is 0 Å². The van der Waals surface area contributed by atoms with Crippen LogP contribution in [0.25, 0.3) is 0 Å². The predicted octanol–water partition coefficient (Wildman–Crippen LogP) is 4.77. The molecule has 21 heavy (non-hydrogen) atoms. The topological polar surface area (TPSA) is 20.2 Å². The Kier molecular flexibility index (Phi) is 4.54. The molecule has 0 spiro atoms. The molecule has 0 aromatic heterocycles. The van der Waals surface area contributed by atoms with Gasteiger partial charge in [-0.15, -0.1) is 0 Å². The second kappa shape index (κ2) is 6.03. The molecule has 0 aliphatic heterocycles. The molecule has 0 fully saturated rings. The van der Waals surface area contributed by atoms with E-state index in [1.807, 2.05) is 0 Å². The highest BCUT2D eigenvalue weighted by Crippen LogP contribution is 2.31. The van der Waals surface area contributed by atoms with Crippen molar-refractivity contribution in [1.29, 1.82) is 0 Å². The van der Waals surface area contributed by atoms with Crippen molar-refractivity contribution >= 4 is 11.6 Å². The summed E-state index contributed by atoms with van der Waals surface area (Å²) >= 11 is 5.85. The van der Waals surface area contributed by atoms with Crippen molar-refractivity contribution in [3.05, 3.63) is 70.0 Å². The smallest absolute Gasteiger partial charge is 0.388 e. The lowest BCUT2D eigenvalue weighted by molar-refractivity contribution is -0.137. The number of hydrogen-bond donors (Lipinski definition) is 1. The monoisotopic (exact) mass is 318 g/mol. The summed E-state index contributed by atoms with van der Waals surface area (Å²) in [7, 11) is 0. The molecule has 2 aromatic carbocycles. The second-order valence-corrected chi connectivity index (χ2v) is 4.99. The molecular weight excluding hydrogens is 308 g/mol. The van der Waals surface area contributed by atoms with Crippen LogP contribution in [-0.2, 0) is 12.6 Å². The van der Waals surface area contributed by atoms with Crippen molar-refractivity contribution < 1.29 is 22.7 Å². The van der Waals surface area contributed by atoms with Crippen molar-refractivity contribution in [2.75, 3.05) is 0 Å². The molecule has 0 amide bonds. The summed E-state index contributed by atoms with van der Waals surface area (Å²) in [5.74, 6) is -0.572. The van der Waals surface area contributed by atoms with Gasteiger partial charge in [0.1, 0.15) is 5.82 Å². The fourth-order valence-corrected chi connectivity index (χ4v) is 2.22. The lowest BCUT2D eigenvalue weighted by Crippen LogP contribution is -2.07. The van der Waals surface area contributed by atoms with Crippen molar-refractivity contribution in [3.8, 4) is 0 Å². The zero-order valence-electron chi connectivity index (χ0n) is 10.7. The molecule has 2 aromatic rings. The first-order chi connectivity index (χ1) is 9.77. The van der Waals surface area contributed by atoms with Crippen LogP contribution in [0.5, 0.6) is 0 Å². The highest BCUT2D eigenvalue weighted by atomic mass is 35.5. The minimum atomic E-state index is -4.45. The zero-order valence-corrected chi connectivity index (χ0v) is 11.4. The van der Waals surface area contributed by atoms with Gasteiger partial charge in [-0.1, -0.05) is 29.8 Å². The SMILES string of the molecule is OC(Cc1cccc(C(F)(F)F)c1)c1cc(F)ccc1Cl. The van der Waals surface area contributed by atoms with E-state index in [1.165, 1.54) is 18.2 Å². The summed E-state index contributed by atoms with van der Waals surface area (Å²) in [6.45, 7) is 0. The zero-order chi connectivity index (χ0) is 15.6. The standard InChI is InChI=1S/C15H11ClF4O/c16-13-5-4-11(17)8-12(13)14(21)7-9-2-1-3-10(6-9)15(18,19)20/h1-6,8,14,21H,7H2. The summed E-state index contributed by atoms with van der Waals surface area (Å²) in [6, 6.07) is 8.14. The van der Waals surface area contributed by atoms with Crippen molar-refractivity contribution in [1.82, 2.24) is 0 Å². The van der Waals surface area contributed by atoms with Gasteiger partial charge in [0.15, 0.2) is 0 Å². The molecule has 0 aliphatic carbocycles. The Balaban J connectivity index is 2.23. The van der Waals surface area contributed by atoms with Gasteiger partial charge in [-0.2, -0.15) is 13.2 Å². The average molecular weight is 319 g/mol. The molecular formula is C15H11ClF4O. The fraction of sp³-hybridized carbons (Fsp3) is 0.200. The molecule has 1 N–H and O–H groups in total. The molecule has 0 saturated carbocycles. The third-order valence-electron chi connectivity index (χ3n) is 3.00. The molecule has 1 atom stereocenters. The van der Waals surface area contributed by atoms with E-state index in [0.29, 0.717) is 0 Å². The molecule has 0 aliphatic rings. The molecule has 0 saturated heterocycles. The van der Waals surface area contributed by atoms with E-state index in [4.69, 9.17) is 11.6 Å². The Morgan fingerprint density at radius 2 is 1.81 bits per heavy atom. The highest BCUT2D eigenvalue weighted by Gasteiger charge is 2.30. The maximum Gasteiger partial charge on any atom is 0.416 e.